The minimum absolute atomic E-state index is 0.768. The van der Waals surface area contributed by atoms with E-state index >= 15 is 0 Å². The average Bonchev–Trinajstić information content (AvgIpc) is 2.56. The summed E-state index contributed by atoms with van der Waals surface area (Å²) in [6.45, 7) is 0. The molecule has 2 rings (SSSR count). The second kappa shape index (κ2) is 3.37. The fourth-order valence-corrected chi connectivity index (χ4v) is 1.68. The maximum absolute atomic E-state index is 5.86. The highest BCUT2D eigenvalue weighted by molar-refractivity contribution is 14.1. The Balaban J connectivity index is 2.53. The lowest BCUT2D eigenvalue weighted by atomic mass is 10.3. The maximum atomic E-state index is 5.86. The minimum atomic E-state index is 0.768. The van der Waals surface area contributed by atoms with Gasteiger partial charge in [0.1, 0.15) is 0 Å². The lowest BCUT2D eigenvalue weighted by molar-refractivity contribution is 1.06. The maximum Gasteiger partial charge on any atom is 0.0992 e. The van der Waals surface area contributed by atoms with Crippen LogP contribution >= 0.6 is 22.6 Å². The topological polar surface area (TPSA) is 43.8 Å². The lowest BCUT2D eigenvalue weighted by Crippen LogP contribution is -1.97. The van der Waals surface area contributed by atoms with Gasteiger partial charge in [0.15, 0.2) is 0 Å². The molecule has 1 heterocycles. The van der Waals surface area contributed by atoms with Crippen molar-refractivity contribution in [3.8, 4) is 5.69 Å². The number of nitrogens with two attached hydrogens (primary N) is 1. The summed E-state index contributed by atoms with van der Waals surface area (Å²) in [5.41, 5.74) is 7.60. The molecule has 0 bridgehead atoms. The van der Waals surface area contributed by atoms with E-state index in [9.17, 15) is 0 Å². The molecular weight excluding hydrogens is 277 g/mol. The zero-order chi connectivity index (χ0) is 9.26. The van der Waals surface area contributed by atoms with E-state index in [4.69, 9.17) is 5.73 Å². The van der Waals surface area contributed by atoms with Gasteiger partial charge in [-0.15, -0.1) is 0 Å². The Bertz CT molecular complexity index is 409. The number of hydrogen-bond donors (Lipinski definition) is 1. The van der Waals surface area contributed by atoms with Gasteiger partial charge in [0.25, 0.3) is 0 Å². The van der Waals surface area contributed by atoms with Crippen LogP contribution in [0, 0.1) is 3.57 Å². The summed E-state index contributed by atoms with van der Waals surface area (Å²) < 4.78 is 3.03. The van der Waals surface area contributed by atoms with E-state index in [2.05, 4.69) is 27.6 Å². The van der Waals surface area contributed by atoms with Crippen molar-refractivity contribution in [1.29, 1.82) is 0 Å². The van der Waals surface area contributed by atoms with E-state index in [1.165, 1.54) is 0 Å². The third kappa shape index (κ3) is 1.67. The molecule has 0 aliphatic heterocycles. The van der Waals surface area contributed by atoms with Gasteiger partial charge in [-0.2, -0.15) is 0 Å². The summed E-state index contributed by atoms with van der Waals surface area (Å²) in [6, 6.07) is 5.95. The van der Waals surface area contributed by atoms with Crippen molar-refractivity contribution in [2.45, 2.75) is 0 Å². The third-order valence-corrected chi connectivity index (χ3v) is 2.44. The van der Waals surface area contributed by atoms with Crippen LogP contribution in [0.25, 0.3) is 5.69 Å². The number of imidazole rings is 1. The molecule has 0 amide bonds. The Labute approximate surface area is 89.7 Å². The predicted molar refractivity (Wildman–Crippen MR) is 60.7 cm³/mol. The van der Waals surface area contributed by atoms with Gasteiger partial charge in [0.05, 0.1) is 17.7 Å². The van der Waals surface area contributed by atoms with Gasteiger partial charge in [-0.1, -0.05) is 0 Å². The molecule has 2 aromatic rings. The summed E-state index contributed by atoms with van der Waals surface area (Å²) in [6.07, 6.45) is 5.34. The van der Waals surface area contributed by atoms with Crippen LogP contribution in [0.2, 0.25) is 0 Å². The van der Waals surface area contributed by atoms with Gasteiger partial charge in [0, 0.05) is 16.0 Å². The van der Waals surface area contributed by atoms with Crippen LogP contribution in [0.3, 0.4) is 0 Å². The molecule has 66 valence electrons. The molecule has 0 fully saturated rings. The van der Waals surface area contributed by atoms with Crippen molar-refractivity contribution in [3.05, 3.63) is 40.5 Å². The van der Waals surface area contributed by atoms with Gasteiger partial charge in [-0.05, 0) is 40.8 Å². The Hall–Kier alpha value is -1.04. The summed E-state index contributed by atoms with van der Waals surface area (Å²) in [7, 11) is 0. The van der Waals surface area contributed by atoms with Gasteiger partial charge < -0.3 is 10.3 Å². The Morgan fingerprint density at radius 3 is 2.85 bits per heavy atom. The van der Waals surface area contributed by atoms with Crippen LogP contribution in [0.1, 0.15) is 0 Å². The van der Waals surface area contributed by atoms with Crippen molar-refractivity contribution >= 4 is 28.3 Å². The van der Waals surface area contributed by atoms with Gasteiger partial charge in [-0.25, -0.2) is 4.98 Å². The molecule has 0 saturated heterocycles. The van der Waals surface area contributed by atoms with E-state index in [1.54, 1.807) is 12.5 Å². The molecule has 0 unspecified atom stereocenters. The second-order valence-electron chi connectivity index (χ2n) is 2.67. The highest BCUT2D eigenvalue weighted by Crippen LogP contribution is 2.19. The number of halogens is 1. The molecular formula is C9H8IN3. The summed E-state index contributed by atoms with van der Waals surface area (Å²) in [5.74, 6) is 0. The summed E-state index contributed by atoms with van der Waals surface area (Å²) in [5, 5.41) is 0. The molecule has 2 N–H and O–H groups in total. The fraction of sp³-hybridized carbons (Fsp3) is 0. The number of hydrogen-bond acceptors (Lipinski definition) is 2. The molecule has 1 aromatic carbocycles. The van der Waals surface area contributed by atoms with E-state index in [0.29, 0.717) is 0 Å². The molecule has 0 spiro atoms. The van der Waals surface area contributed by atoms with Crippen LogP contribution in [-0.4, -0.2) is 9.55 Å². The highest BCUT2D eigenvalue weighted by atomic mass is 127. The SMILES string of the molecule is Nc1cc(I)ccc1-n1ccnc1. The zero-order valence-corrected chi connectivity index (χ0v) is 8.97. The normalized spacial score (nSPS) is 10.2. The van der Waals surface area contributed by atoms with Crippen molar-refractivity contribution in [2.24, 2.45) is 0 Å². The van der Waals surface area contributed by atoms with Crippen molar-refractivity contribution in [3.63, 3.8) is 0 Å². The van der Waals surface area contributed by atoms with Crippen LogP contribution in [0.5, 0.6) is 0 Å². The molecule has 0 saturated carbocycles. The van der Waals surface area contributed by atoms with E-state index in [1.807, 2.05) is 29.0 Å². The average molecular weight is 285 g/mol. The zero-order valence-electron chi connectivity index (χ0n) is 6.81. The molecule has 3 nitrogen and oxygen atoms in total. The first-order valence-corrected chi connectivity index (χ1v) is 4.88. The van der Waals surface area contributed by atoms with Crippen LogP contribution in [0.15, 0.2) is 36.9 Å². The van der Waals surface area contributed by atoms with E-state index in [-0.39, 0.29) is 0 Å². The standard InChI is InChI=1S/C9H8IN3/c10-7-1-2-9(8(11)5-7)13-4-3-12-6-13/h1-6H,11H2. The number of nitrogen functional groups attached to an aromatic ring is 1. The quantitative estimate of drug-likeness (QED) is 0.644. The third-order valence-electron chi connectivity index (χ3n) is 1.77. The number of anilines is 1. The highest BCUT2D eigenvalue weighted by Gasteiger charge is 2.00. The summed E-state index contributed by atoms with van der Waals surface area (Å²) in [4.78, 5) is 3.97. The van der Waals surface area contributed by atoms with E-state index < -0.39 is 0 Å². The Morgan fingerprint density at radius 1 is 1.38 bits per heavy atom. The second-order valence-corrected chi connectivity index (χ2v) is 3.92. The van der Waals surface area contributed by atoms with Crippen molar-refractivity contribution < 1.29 is 0 Å². The molecule has 1 aromatic heterocycles. The largest absolute Gasteiger partial charge is 0.397 e. The Morgan fingerprint density at radius 2 is 2.23 bits per heavy atom. The minimum Gasteiger partial charge on any atom is -0.397 e. The monoisotopic (exact) mass is 285 g/mol. The molecule has 0 atom stereocenters. The molecule has 0 radical (unpaired) electrons. The van der Waals surface area contributed by atoms with Gasteiger partial charge in [-0.3, -0.25) is 0 Å². The van der Waals surface area contributed by atoms with Crippen LogP contribution < -0.4 is 5.73 Å². The molecule has 13 heavy (non-hydrogen) atoms. The predicted octanol–water partition coefficient (Wildman–Crippen LogP) is 2.06. The van der Waals surface area contributed by atoms with Crippen LogP contribution in [0.4, 0.5) is 5.69 Å². The van der Waals surface area contributed by atoms with Crippen LogP contribution in [-0.2, 0) is 0 Å². The summed E-state index contributed by atoms with van der Waals surface area (Å²) >= 11 is 2.24. The fourth-order valence-electron chi connectivity index (χ4n) is 1.16. The number of rotatable bonds is 1. The van der Waals surface area contributed by atoms with Gasteiger partial charge >= 0.3 is 0 Å². The first-order chi connectivity index (χ1) is 6.27. The van der Waals surface area contributed by atoms with Crippen molar-refractivity contribution in [1.82, 2.24) is 9.55 Å². The van der Waals surface area contributed by atoms with Crippen molar-refractivity contribution in [2.75, 3.05) is 5.73 Å². The Kier molecular flexibility index (Phi) is 2.22. The molecule has 0 aliphatic carbocycles. The number of aromatic nitrogens is 2. The number of benzene rings is 1. The first-order valence-electron chi connectivity index (χ1n) is 3.81. The smallest absolute Gasteiger partial charge is 0.0992 e. The van der Waals surface area contributed by atoms with Gasteiger partial charge in [0.2, 0.25) is 0 Å². The first kappa shape index (κ1) is 8.55. The molecule has 0 aliphatic rings. The lowest BCUT2D eigenvalue weighted by Gasteiger charge is -2.05. The number of nitrogens with zero attached hydrogens (tertiary/aromatic N) is 2. The van der Waals surface area contributed by atoms with E-state index in [0.717, 1.165) is 14.9 Å². The molecule has 4 heteroatoms.